The van der Waals surface area contributed by atoms with Gasteiger partial charge in [-0.3, -0.25) is 0 Å². The van der Waals surface area contributed by atoms with Gasteiger partial charge in [-0.05, 0) is 88.7 Å². The zero-order valence-corrected chi connectivity index (χ0v) is 21.7. The van der Waals surface area contributed by atoms with Crippen molar-refractivity contribution in [3.05, 3.63) is 130 Å². The number of benzene rings is 4. The fraction of sp³-hybridized carbons (Fsp3) is 0.152. The zero-order chi connectivity index (χ0) is 24.0. The van der Waals surface area contributed by atoms with Gasteiger partial charge >= 0.3 is 0 Å². The van der Waals surface area contributed by atoms with E-state index in [2.05, 4.69) is 144 Å². The van der Waals surface area contributed by atoms with E-state index in [0.717, 1.165) is 28.7 Å². The molecule has 0 amide bonds. The van der Waals surface area contributed by atoms with Crippen LogP contribution in [0.15, 0.2) is 114 Å². The first-order chi connectivity index (χ1) is 17.0. The third-order valence-electron chi connectivity index (χ3n) is 7.34. The molecule has 172 valence electrons. The number of nitrogens with zero attached hydrogens (tertiary/aromatic N) is 1. The van der Waals surface area contributed by atoms with E-state index in [1.165, 1.54) is 39.1 Å². The molecule has 0 N–H and O–H groups in total. The van der Waals surface area contributed by atoms with Crippen molar-refractivity contribution in [1.29, 1.82) is 0 Å². The van der Waals surface area contributed by atoms with Crippen molar-refractivity contribution in [1.82, 2.24) is 0 Å². The van der Waals surface area contributed by atoms with Crippen molar-refractivity contribution in [2.45, 2.75) is 32.1 Å². The maximum atomic E-state index is 3.62. The molecule has 4 aromatic rings. The average Bonchev–Trinajstić information content (AvgIpc) is 3.14. The minimum atomic E-state index is -0.0895. The van der Waals surface area contributed by atoms with E-state index in [0.29, 0.717) is 0 Å². The summed E-state index contributed by atoms with van der Waals surface area (Å²) in [7, 11) is 0. The Morgan fingerprint density at radius 2 is 1.40 bits per heavy atom. The van der Waals surface area contributed by atoms with Gasteiger partial charge in [0, 0.05) is 21.3 Å². The molecule has 0 aromatic heterocycles. The molecule has 0 saturated carbocycles. The van der Waals surface area contributed by atoms with Gasteiger partial charge in [-0.2, -0.15) is 0 Å². The number of allylic oxidation sites excluding steroid dienone is 4. The lowest BCUT2D eigenvalue weighted by Gasteiger charge is -2.32. The lowest BCUT2D eigenvalue weighted by atomic mass is 9.81. The summed E-state index contributed by atoms with van der Waals surface area (Å²) in [6, 6.07) is 33.3. The van der Waals surface area contributed by atoms with E-state index in [1.807, 2.05) is 0 Å². The second-order valence-corrected chi connectivity index (χ2v) is 10.8. The van der Waals surface area contributed by atoms with Crippen LogP contribution in [0.5, 0.6) is 0 Å². The van der Waals surface area contributed by atoms with Gasteiger partial charge in [-0.25, -0.2) is 0 Å². The van der Waals surface area contributed by atoms with Crippen molar-refractivity contribution in [2.75, 3.05) is 4.90 Å². The molecule has 0 bridgehead atoms. The number of halogens is 1. The highest BCUT2D eigenvalue weighted by atomic mass is 79.9. The van der Waals surface area contributed by atoms with E-state index in [4.69, 9.17) is 0 Å². The van der Waals surface area contributed by atoms with E-state index in [-0.39, 0.29) is 5.41 Å². The lowest BCUT2D eigenvalue weighted by molar-refractivity contribution is 0.661. The lowest BCUT2D eigenvalue weighted by Crippen LogP contribution is -2.20. The summed E-state index contributed by atoms with van der Waals surface area (Å²) in [5.74, 6) is 0. The Balaban J connectivity index is 1.53. The maximum Gasteiger partial charge on any atom is 0.0508 e. The molecule has 0 aliphatic heterocycles. The highest BCUT2D eigenvalue weighted by molar-refractivity contribution is 9.10. The minimum absolute atomic E-state index is 0.0895. The molecule has 0 unspecified atom stereocenters. The Bertz CT molecular complexity index is 1460. The maximum absolute atomic E-state index is 3.62. The molecule has 0 fully saturated rings. The second-order valence-electron chi connectivity index (χ2n) is 9.87. The normalized spacial score (nSPS) is 15.3. The van der Waals surface area contributed by atoms with Gasteiger partial charge in [0.1, 0.15) is 0 Å². The molecular weight excluding hydrogens is 490 g/mol. The fourth-order valence-electron chi connectivity index (χ4n) is 5.65. The molecule has 2 aliphatic carbocycles. The molecule has 2 heteroatoms. The number of rotatable bonds is 4. The Morgan fingerprint density at radius 1 is 0.714 bits per heavy atom. The molecule has 6 rings (SSSR count). The second kappa shape index (κ2) is 8.70. The molecule has 0 radical (unpaired) electrons. The van der Waals surface area contributed by atoms with E-state index < -0.39 is 0 Å². The topological polar surface area (TPSA) is 3.24 Å². The van der Waals surface area contributed by atoms with Crippen molar-refractivity contribution in [3.63, 3.8) is 0 Å². The number of anilines is 3. The molecule has 0 saturated heterocycles. The zero-order valence-electron chi connectivity index (χ0n) is 20.1. The van der Waals surface area contributed by atoms with Gasteiger partial charge in [0.2, 0.25) is 0 Å². The first-order valence-corrected chi connectivity index (χ1v) is 13.1. The summed E-state index contributed by atoms with van der Waals surface area (Å²) in [6.45, 7) is 4.71. The largest absolute Gasteiger partial charge is 0.310 e. The fourth-order valence-corrected chi connectivity index (χ4v) is 5.92. The van der Waals surface area contributed by atoms with Crippen molar-refractivity contribution < 1.29 is 0 Å². The van der Waals surface area contributed by atoms with Crippen LogP contribution in [0.25, 0.3) is 16.7 Å². The standard InChI is InChI=1S/C33H28BrN/c1-33(2)30-13-7-6-11-28(30)29-12-8-14-31(32(29)33)35(27-21-17-25(34)18-22-27)26-19-15-24(16-20-26)23-9-4-3-5-10-23/h4,6-22H,3,5H2,1-2H3. The Labute approximate surface area is 216 Å². The minimum Gasteiger partial charge on any atom is -0.310 e. The third-order valence-corrected chi connectivity index (χ3v) is 7.87. The molecule has 1 nitrogen and oxygen atoms in total. The molecule has 4 aromatic carbocycles. The Kier molecular flexibility index (Phi) is 5.50. The van der Waals surface area contributed by atoms with Crippen molar-refractivity contribution >= 4 is 38.6 Å². The van der Waals surface area contributed by atoms with Gasteiger partial charge in [0.15, 0.2) is 0 Å². The first kappa shape index (κ1) is 22.1. The van der Waals surface area contributed by atoms with Crippen LogP contribution < -0.4 is 4.90 Å². The summed E-state index contributed by atoms with van der Waals surface area (Å²) in [5, 5.41) is 0. The van der Waals surface area contributed by atoms with Gasteiger partial charge in [0.25, 0.3) is 0 Å². The van der Waals surface area contributed by atoms with Crippen LogP contribution in [-0.2, 0) is 5.41 Å². The average molecular weight is 518 g/mol. The molecular formula is C33H28BrN. The number of fused-ring (bicyclic) bond motifs is 3. The quantitative estimate of drug-likeness (QED) is 0.260. The van der Waals surface area contributed by atoms with Gasteiger partial charge < -0.3 is 4.90 Å². The van der Waals surface area contributed by atoms with E-state index in [9.17, 15) is 0 Å². The third kappa shape index (κ3) is 3.77. The summed E-state index contributed by atoms with van der Waals surface area (Å²) in [4.78, 5) is 2.41. The smallest absolute Gasteiger partial charge is 0.0508 e. The Morgan fingerprint density at radius 3 is 2.11 bits per heavy atom. The summed E-state index contributed by atoms with van der Waals surface area (Å²) >= 11 is 3.62. The van der Waals surface area contributed by atoms with Crippen LogP contribution in [0.1, 0.15) is 43.4 Å². The summed E-state index contributed by atoms with van der Waals surface area (Å²) in [5.41, 5.74) is 11.5. The highest BCUT2D eigenvalue weighted by Gasteiger charge is 2.38. The highest BCUT2D eigenvalue weighted by Crippen LogP contribution is 2.54. The van der Waals surface area contributed by atoms with Crippen LogP contribution in [-0.4, -0.2) is 0 Å². The number of hydrogen-bond acceptors (Lipinski definition) is 1. The SMILES string of the molecule is CC1(C)c2ccccc2-c2cccc(N(c3ccc(Br)cc3)c3ccc(C4=CCCC=C4)cc3)c21. The van der Waals surface area contributed by atoms with Crippen LogP contribution in [0, 0.1) is 0 Å². The summed E-state index contributed by atoms with van der Waals surface area (Å²) in [6.07, 6.45) is 9.10. The van der Waals surface area contributed by atoms with Gasteiger partial charge in [-0.1, -0.05) is 96.5 Å². The molecule has 35 heavy (non-hydrogen) atoms. The van der Waals surface area contributed by atoms with Crippen LogP contribution in [0.3, 0.4) is 0 Å². The first-order valence-electron chi connectivity index (χ1n) is 12.3. The molecule has 0 spiro atoms. The van der Waals surface area contributed by atoms with Crippen LogP contribution in [0.2, 0.25) is 0 Å². The Hall–Kier alpha value is -3.36. The monoisotopic (exact) mass is 517 g/mol. The molecule has 0 heterocycles. The van der Waals surface area contributed by atoms with Crippen molar-refractivity contribution in [2.24, 2.45) is 0 Å². The van der Waals surface area contributed by atoms with E-state index >= 15 is 0 Å². The summed E-state index contributed by atoms with van der Waals surface area (Å²) < 4.78 is 1.08. The molecule has 2 aliphatic rings. The van der Waals surface area contributed by atoms with E-state index in [1.54, 1.807) is 0 Å². The van der Waals surface area contributed by atoms with Crippen LogP contribution >= 0.6 is 15.9 Å². The van der Waals surface area contributed by atoms with Crippen LogP contribution in [0.4, 0.5) is 17.1 Å². The van der Waals surface area contributed by atoms with Gasteiger partial charge in [0.05, 0.1) is 5.69 Å². The van der Waals surface area contributed by atoms with Gasteiger partial charge in [-0.15, -0.1) is 0 Å². The number of hydrogen-bond donors (Lipinski definition) is 0. The predicted molar refractivity (Wildman–Crippen MR) is 153 cm³/mol. The predicted octanol–water partition coefficient (Wildman–Crippen LogP) is 9.96. The molecule has 0 atom stereocenters. The van der Waals surface area contributed by atoms with Crippen molar-refractivity contribution in [3.8, 4) is 11.1 Å².